The lowest BCUT2D eigenvalue weighted by atomic mass is 9.81. The van der Waals surface area contributed by atoms with E-state index in [1.165, 1.54) is 11.8 Å². The van der Waals surface area contributed by atoms with Gasteiger partial charge in [-0.05, 0) is 25.2 Å². The quantitative estimate of drug-likeness (QED) is 0.652. The third kappa shape index (κ3) is 6.76. The number of nitrogens with two attached hydrogens (primary N) is 1. The summed E-state index contributed by atoms with van der Waals surface area (Å²) in [7, 11) is 0. The lowest BCUT2D eigenvalue weighted by Crippen LogP contribution is -2.56. The van der Waals surface area contributed by atoms with E-state index in [4.69, 9.17) is 10.2 Å². The van der Waals surface area contributed by atoms with Crippen LogP contribution < -0.4 is 11.1 Å². The minimum absolute atomic E-state index is 0. The minimum Gasteiger partial charge on any atom is -0.415 e. The first-order chi connectivity index (χ1) is 12.2. The molecular weight excluding hydrogens is 388 g/mol. The average Bonchev–Trinajstić information content (AvgIpc) is 3.00. The Balaban J connectivity index is 0.00000364. The molecule has 154 valence electrons. The SMILES string of the molecule is CC(C)C[C@H](C(=O)NC(=O)C1(N)CCCCC1)c1nnc(SC(C)C)o1.Cl. The van der Waals surface area contributed by atoms with Gasteiger partial charge in [0.15, 0.2) is 0 Å². The summed E-state index contributed by atoms with van der Waals surface area (Å²) >= 11 is 1.44. The van der Waals surface area contributed by atoms with Crippen molar-refractivity contribution in [3.05, 3.63) is 5.89 Å². The van der Waals surface area contributed by atoms with Gasteiger partial charge in [0.1, 0.15) is 5.92 Å². The second-order valence-electron chi connectivity index (χ2n) is 7.79. The molecule has 3 N–H and O–H groups in total. The van der Waals surface area contributed by atoms with Gasteiger partial charge in [-0.25, -0.2) is 0 Å². The second-order valence-corrected chi connectivity index (χ2v) is 9.32. The molecule has 0 saturated heterocycles. The largest absolute Gasteiger partial charge is 0.415 e. The maximum Gasteiger partial charge on any atom is 0.276 e. The molecule has 0 spiro atoms. The van der Waals surface area contributed by atoms with E-state index in [2.05, 4.69) is 15.5 Å². The van der Waals surface area contributed by atoms with Crippen LogP contribution in [0.4, 0.5) is 0 Å². The molecule has 0 bridgehead atoms. The lowest BCUT2D eigenvalue weighted by molar-refractivity contribution is -0.135. The van der Waals surface area contributed by atoms with Crippen LogP contribution >= 0.6 is 24.2 Å². The van der Waals surface area contributed by atoms with Crippen LogP contribution in [0.5, 0.6) is 0 Å². The highest BCUT2D eigenvalue weighted by molar-refractivity contribution is 7.99. The van der Waals surface area contributed by atoms with Crippen molar-refractivity contribution in [3.63, 3.8) is 0 Å². The normalized spacial score (nSPS) is 17.4. The number of imide groups is 1. The van der Waals surface area contributed by atoms with Gasteiger partial charge in [0.2, 0.25) is 17.7 Å². The Labute approximate surface area is 171 Å². The predicted molar refractivity (Wildman–Crippen MR) is 108 cm³/mol. The number of thioether (sulfide) groups is 1. The summed E-state index contributed by atoms with van der Waals surface area (Å²) < 4.78 is 5.67. The van der Waals surface area contributed by atoms with E-state index in [0.717, 1.165) is 19.3 Å². The molecule has 0 aromatic carbocycles. The molecule has 7 nitrogen and oxygen atoms in total. The minimum atomic E-state index is -0.955. The predicted octanol–water partition coefficient (Wildman–Crippen LogP) is 3.43. The van der Waals surface area contributed by atoms with E-state index < -0.39 is 23.3 Å². The molecule has 1 fully saturated rings. The number of carbonyl (C=O) groups is 2. The number of amides is 2. The summed E-state index contributed by atoms with van der Waals surface area (Å²) in [5.74, 6) is -0.978. The maximum atomic E-state index is 12.8. The number of hydrogen-bond donors (Lipinski definition) is 2. The van der Waals surface area contributed by atoms with Crippen molar-refractivity contribution in [3.8, 4) is 0 Å². The first-order valence-corrected chi connectivity index (χ1v) is 10.2. The average molecular weight is 419 g/mol. The summed E-state index contributed by atoms with van der Waals surface area (Å²) in [5.41, 5.74) is 5.28. The Morgan fingerprint density at radius 3 is 2.37 bits per heavy atom. The molecule has 1 atom stereocenters. The van der Waals surface area contributed by atoms with Gasteiger partial charge < -0.3 is 10.2 Å². The monoisotopic (exact) mass is 418 g/mol. The number of nitrogens with one attached hydrogen (secondary N) is 1. The molecule has 1 saturated carbocycles. The lowest BCUT2D eigenvalue weighted by Gasteiger charge is -2.31. The van der Waals surface area contributed by atoms with Gasteiger partial charge in [0.25, 0.3) is 5.22 Å². The number of hydrogen-bond acceptors (Lipinski definition) is 7. The van der Waals surface area contributed by atoms with Crippen molar-refractivity contribution < 1.29 is 14.0 Å². The van der Waals surface area contributed by atoms with Gasteiger partial charge in [-0.15, -0.1) is 22.6 Å². The molecule has 1 aromatic heterocycles. The summed E-state index contributed by atoms with van der Waals surface area (Å²) in [6.07, 6.45) is 4.63. The Kier molecular flexibility index (Phi) is 9.24. The fraction of sp³-hybridized carbons (Fsp3) is 0.778. The van der Waals surface area contributed by atoms with E-state index in [-0.39, 0.29) is 24.2 Å². The fourth-order valence-electron chi connectivity index (χ4n) is 3.14. The molecule has 27 heavy (non-hydrogen) atoms. The van der Waals surface area contributed by atoms with Crippen molar-refractivity contribution in [1.82, 2.24) is 15.5 Å². The molecule has 9 heteroatoms. The Bertz CT molecular complexity index is 630. The van der Waals surface area contributed by atoms with Gasteiger partial charge >= 0.3 is 0 Å². The zero-order valence-electron chi connectivity index (χ0n) is 16.5. The van der Waals surface area contributed by atoms with E-state index >= 15 is 0 Å². The van der Waals surface area contributed by atoms with Crippen LogP contribution in [0.15, 0.2) is 9.64 Å². The van der Waals surface area contributed by atoms with Crippen molar-refractivity contribution in [2.24, 2.45) is 11.7 Å². The zero-order chi connectivity index (χ0) is 19.3. The number of nitrogens with zero attached hydrogens (tertiary/aromatic N) is 2. The van der Waals surface area contributed by atoms with Crippen molar-refractivity contribution in [1.29, 1.82) is 0 Å². The van der Waals surface area contributed by atoms with E-state index in [1.807, 2.05) is 27.7 Å². The van der Waals surface area contributed by atoms with Crippen molar-refractivity contribution in [2.45, 2.75) is 88.1 Å². The number of rotatable bonds is 7. The van der Waals surface area contributed by atoms with Crippen LogP contribution in [0.25, 0.3) is 0 Å². The van der Waals surface area contributed by atoms with Crippen LogP contribution in [0.2, 0.25) is 0 Å². The zero-order valence-corrected chi connectivity index (χ0v) is 18.1. The molecule has 1 aromatic rings. The summed E-state index contributed by atoms with van der Waals surface area (Å²) in [5, 5.41) is 11.3. The summed E-state index contributed by atoms with van der Waals surface area (Å²) in [6, 6.07) is 0. The van der Waals surface area contributed by atoms with Crippen LogP contribution in [0.3, 0.4) is 0 Å². The van der Waals surface area contributed by atoms with E-state index in [0.29, 0.717) is 29.7 Å². The summed E-state index contributed by atoms with van der Waals surface area (Å²) in [4.78, 5) is 25.4. The molecule has 2 amide bonds. The summed E-state index contributed by atoms with van der Waals surface area (Å²) in [6.45, 7) is 8.06. The molecule has 2 rings (SSSR count). The Morgan fingerprint density at radius 1 is 1.19 bits per heavy atom. The highest BCUT2D eigenvalue weighted by atomic mass is 35.5. The van der Waals surface area contributed by atoms with E-state index in [1.54, 1.807) is 0 Å². The highest BCUT2D eigenvalue weighted by Gasteiger charge is 2.38. The first kappa shape index (κ1) is 23.9. The molecule has 0 radical (unpaired) electrons. The van der Waals surface area contributed by atoms with Gasteiger partial charge in [-0.3, -0.25) is 14.9 Å². The molecule has 0 unspecified atom stereocenters. The van der Waals surface area contributed by atoms with Gasteiger partial charge in [0.05, 0.1) is 5.54 Å². The van der Waals surface area contributed by atoms with Gasteiger partial charge in [-0.1, -0.05) is 58.7 Å². The third-order valence-corrected chi connectivity index (χ3v) is 5.35. The molecule has 0 aliphatic heterocycles. The number of halogens is 1. The van der Waals surface area contributed by atoms with Gasteiger partial charge in [-0.2, -0.15) is 0 Å². The Morgan fingerprint density at radius 2 is 1.81 bits per heavy atom. The maximum absolute atomic E-state index is 12.8. The standard InChI is InChI=1S/C18H30N4O3S.ClH/c1-11(2)10-13(15-21-22-17(25-15)26-12(3)4)14(23)20-16(24)18(19)8-6-5-7-9-18;/h11-13H,5-10,19H2,1-4H3,(H,20,23,24);1H/t13-;/m1./s1. The van der Waals surface area contributed by atoms with Crippen LogP contribution in [0, 0.1) is 5.92 Å². The number of aromatic nitrogens is 2. The van der Waals surface area contributed by atoms with Crippen LogP contribution in [-0.4, -0.2) is 32.8 Å². The van der Waals surface area contributed by atoms with Crippen LogP contribution in [-0.2, 0) is 9.59 Å². The number of carbonyl (C=O) groups excluding carboxylic acids is 2. The highest BCUT2D eigenvalue weighted by Crippen LogP contribution is 2.29. The van der Waals surface area contributed by atoms with Crippen LogP contribution in [0.1, 0.15) is 78.0 Å². The molecule has 1 aliphatic rings. The second kappa shape index (κ2) is 10.4. The topological polar surface area (TPSA) is 111 Å². The third-order valence-electron chi connectivity index (χ3n) is 4.52. The molecule has 1 heterocycles. The fourth-order valence-corrected chi connectivity index (χ4v) is 3.76. The van der Waals surface area contributed by atoms with Crippen molar-refractivity contribution >= 4 is 36.0 Å². The van der Waals surface area contributed by atoms with Crippen molar-refractivity contribution in [2.75, 3.05) is 0 Å². The van der Waals surface area contributed by atoms with Gasteiger partial charge in [0, 0.05) is 5.25 Å². The van der Waals surface area contributed by atoms with E-state index in [9.17, 15) is 9.59 Å². The molecular formula is C18H31ClN4O3S. The Hall–Kier alpha value is -1.12. The first-order valence-electron chi connectivity index (χ1n) is 9.35. The molecule has 1 aliphatic carbocycles. The smallest absolute Gasteiger partial charge is 0.276 e.